The summed E-state index contributed by atoms with van der Waals surface area (Å²) in [6.45, 7) is 3.20. The molecule has 122 valence electrons. The number of anilines is 1. The van der Waals surface area contributed by atoms with Crippen LogP contribution in [0.25, 0.3) is 0 Å². The molecule has 1 N–H and O–H groups in total. The van der Waals surface area contributed by atoms with Gasteiger partial charge in [-0.1, -0.05) is 12.1 Å². The lowest BCUT2D eigenvalue weighted by molar-refractivity contribution is 0.0796. The van der Waals surface area contributed by atoms with Crippen LogP contribution in [0.1, 0.15) is 22.5 Å². The Morgan fingerprint density at radius 3 is 2.70 bits per heavy atom. The zero-order chi connectivity index (χ0) is 16.6. The van der Waals surface area contributed by atoms with Crippen LogP contribution in [0.3, 0.4) is 0 Å². The number of nitrogens with one attached hydrogen (secondary N) is 1. The minimum Gasteiger partial charge on any atom is -0.342 e. The third-order valence-electron chi connectivity index (χ3n) is 3.91. The van der Waals surface area contributed by atoms with E-state index in [9.17, 15) is 13.2 Å². The van der Waals surface area contributed by atoms with Gasteiger partial charge in [-0.05, 0) is 37.1 Å². The fraction of sp³-hybridized carbons (Fsp3) is 0.312. The van der Waals surface area contributed by atoms with Gasteiger partial charge in [0.15, 0.2) is 0 Å². The fourth-order valence-corrected chi connectivity index (χ4v) is 3.78. The van der Waals surface area contributed by atoms with Crippen molar-refractivity contribution < 1.29 is 13.2 Å². The Morgan fingerprint density at radius 2 is 1.96 bits per heavy atom. The SMILES string of the molecule is Cc1cccc(NS(=O)(=O)c2cc3n(c2)CCCN(C)C3=O)c1. The molecule has 1 aliphatic heterocycles. The Hall–Kier alpha value is -2.28. The first-order chi connectivity index (χ1) is 10.9. The Bertz CT molecular complexity index is 855. The van der Waals surface area contributed by atoms with Gasteiger partial charge in [-0.2, -0.15) is 0 Å². The van der Waals surface area contributed by atoms with E-state index < -0.39 is 10.0 Å². The van der Waals surface area contributed by atoms with Gasteiger partial charge in [-0.3, -0.25) is 9.52 Å². The summed E-state index contributed by atoms with van der Waals surface area (Å²) in [6, 6.07) is 8.60. The molecule has 3 rings (SSSR count). The topological polar surface area (TPSA) is 71.4 Å². The van der Waals surface area contributed by atoms with Crippen molar-refractivity contribution in [1.82, 2.24) is 9.47 Å². The highest BCUT2D eigenvalue weighted by molar-refractivity contribution is 7.92. The van der Waals surface area contributed by atoms with Crippen LogP contribution in [-0.2, 0) is 16.6 Å². The molecule has 0 spiro atoms. The maximum atomic E-state index is 12.6. The first-order valence-corrected chi connectivity index (χ1v) is 8.90. The number of benzene rings is 1. The molecular weight excluding hydrogens is 314 g/mol. The second-order valence-electron chi connectivity index (χ2n) is 5.81. The summed E-state index contributed by atoms with van der Waals surface area (Å²) in [5.41, 5.74) is 1.89. The average Bonchev–Trinajstić information content (AvgIpc) is 2.86. The number of nitrogens with zero attached hydrogens (tertiary/aromatic N) is 2. The largest absolute Gasteiger partial charge is 0.342 e. The molecule has 0 saturated heterocycles. The molecule has 23 heavy (non-hydrogen) atoms. The zero-order valence-corrected chi connectivity index (χ0v) is 13.9. The molecule has 1 aliphatic rings. The normalized spacial score (nSPS) is 15.2. The smallest absolute Gasteiger partial charge is 0.270 e. The minimum atomic E-state index is -3.72. The molecule has 0 atom stereocenters. The Kier molecular flexibility index (Phi) is 3.89. The summed E-state index contributed by atoms with van der Waals surface area (Å²) in [4.78, 5) is 14.0. The third kappa shape index (κ3) is 3.10. The second-order valence-corrected chi connectivity index (χ2v) is 7.49. The molecule has 0 saturated carbocycles. The number of amides is 1. The summed E-state index contributed by atoms with van der Waals surface area (Å²) < 4.78 is 29.4. The molecule has 1 amide bonds. The van der Waals surface area contributed by atoms with Crippen LogP contribution in [0.4, 0.5) is 5.69 Å². The van der Waals surface area contributed by atoms with Gasteiger partial charge in [-0.15, -0.1) is 0 Å². The van der Waals surface area contributed by atoms with E-state index in [0.717, 1.165) is 12.0 Å². The summed E-state index contributed by atoms with van der Waals surface area (Å²) in [5, 5.41) is 0. The number of carbonyl (C=O) groups excluding carboxylic acids is 1. The van der Waals surface area contributed by atoms with E-state index >= 15 is 0 Å². The number of aromatic nitrogens is 1. The minimum absolute atomic E-state index is 0.109. The maximum Gasteiger partial charge on any atom is 0.270 e. The van der Waals surface area contributed by atoms with E-state index in [4.69, 9.17) is 0 Å². The summed E-state index contributed by atoms with van der Waals surface area (Å²) in [6.07, 6.45) is 2.33. The van der Waals surface area contributed by atoms with Crippen LogP contribution >= 0.6 is 0 Å². The van der Waals surface area contributed by atoms with Crippen LogP contribution in [-0.4, -0.2) is 37.4 Å². The zero-order valence-electron chi connectivity index (χ0n) is 13.1. The van der Waals surface area contributed by atoms with Crippen molar-refractivity contribution in [3.63, 3.8) is 0 Å². The lowest BCUT2D eigenvalue weighted by Gasteiger charge is -2.12. The molecule has 1 aromatic carbocycles. The van der Waals surface area contributed by atoms with Crippen LogP contribution in [0.2, 0.25) is 0 Å². The number of carbonyl (C=O) groups is 1. The standard InChI is InChI=1S/C16H19N3O3S/c1-12-5-3-6-13(9-12)17-23(21,22)14-10-15-16(20)18(2)7-4-8-19(15)11-14/h3,5-6,9-11,17H,4,7-8H2,1-2H3. The van der Waals surface area contributed by atoms with E-state index in [1.54, 1.807) is 34.7 Å². The van der Waals surface area contributed by atoms with Gasteiger partial charge in [0.25, 0.3) is 15.9 Å². The monoisotopic (exact) mass is 333 g/mol. The van der Waals surface area contributed by atoms with Crippen molar-refractivity contribution >= 4 is 21.6 Å². The number of hydrogen-bond acceptors (Lipinski definition) is 3. The molecule has 2 heterocycles. The number of hydrogen-bond donors (Lipinski definition) is 1. The van der Waals surface area contributed by atoms with Gasteiger partial charge < -0.3 is 9.47 Å². The fourth-order valence-electron chi connectivity index (χ4n) is 2.69. The molecule has 0 unspecified atom stereocenters. The predicted octanol–water partition coefficient (Wildman–Crippen LogP) is 2.07. The van der Waals surface area contributed by atoms with Crippen LogP contribution < -0.4 is 4.72 Å². The van der Waals surface area contributed by atoms with E-state index in [-0.39, 0.29) is 10.8 Å². The summed E-state index contributed by atoms with van der Waals surface area (Å²) >= 11 is 0. The molecule has 0 bridgehead atoms. The Balaban J connectivity index is 1.94. The van der Waals surface area contributed by atoms with Gasteiger partial charge >= 0.3 is 0 Å². The third-order valence-corrected chi connectivity index (χ3v) is 5.26. The predicted molar refractivity (Wildman–Crippen MR) is 88.0 cm³/mol. The van der Waals surface area contributed by atoms with Crippen molar-refractivity contribution in [2.24, 2.45) is 0 Å². The van der Waals surface area contributed by atoms with Crippen LogP contribution in [0.15, 0.2) is 41.4 Å². The molecular formula is C16H19N3O3S. The average molecular weight is 333 g/mol. The maximum absolute atomic E-state index is 12.6. The lowest BCUT2D eigenvalue weighted by Crippen LogP contribution is -2.26. The van der Waals surface area contributed by atoms with Gasteiger partial charge in [0.05, 0.1) is 0 Å². The number of aryl methyl sites for hydroxylation is 2. The summed E-state index contributed by atoms with van der Waals surface area (Å²) in [5.74, 6) is -0.153. The molecule has 2 aromatic rings. The second kappa shape index (κ2) is 5.73. The molecule has 7 heteroatoms. The number of rotatable bonds is 3. The molecule has 6 nitrogen and oxygen atoms in total. The first kappa shape index (κ1) is 15.6. The number of sulfonamides is 1. The van der Waals surface area contributed by atoms with Crippen molar-refractivity contribution in [3.8, 4) is 0 Å². The van der Waals surface area contributed by atoms with E-state index in [1.165, 1.54) is 12.3 Å². The van der Waals surface area contributed by atoms with E-state index in [0.29, 0.717) is 24.5 Å². The van der Waals surface area contributed by atoms with Crippen molar-refractivity contribution in [3.05, 3.63) is 47.8 Å². The highest BCUT2D eigenvalue weighted by atomic mass is 32.2. The summed E-state index contributed by atoms with van der Waals surface area (Å²) in [7, 11) is -1.99. The van der Waals surface area contributed by atoms with Gasteiger partial charge in [0.1, 0.15) is 10.6 Å². The van der Waals surface area contributed by atoms with Crippen LogP contribution in [0.5, 0.6) is 0 Å². The van der Waals surface area contributed by atoms with Crippen molar-refractivity contribution in [1.29, 1.82) is 0 Å². The highest BCUT2D eigenvalue weighted by Crippen LogP contribution is 2.22. The van der Waals surface area contributed by atoms with Crippen LogP contribution in [0, 0.1) is 6.92 Å². The first-order valence-electron chi connectivity index (χ1n) is 7.42. The van der Waals surface area contributed by atoms with Crippen molar-refractivity contribution in [2.45, 2.75) is 24.8 Å². The Labute approximate surface area is 135 Å². The van der Waals surface area contributed by atoms with E-state index in [1.807, 2.05) is 13.0 Å². The highest BCUT2D eigenvalue weighted by Gasteiger charge is 2.25. The van der Waals surface area contributed by atoms with Gasteiger partial charge in [0.2, 0.25) is 0 Å². The quantitative estimate of drug-likeness (QED) is 0.935. The molecule has 1 aromatic heterocycles. The lowest BCUT2D eigenvalue weighted by atomic mass is 10.2. The molecule has 0 fully saturated rings. The molecule has 0 radical (unpaired) electrons. The van der Waals surface area contributed by atoms with Gasteiger partial charge in [-0.25, -0.2) is 8.42 Å². The van der Waals surface area contributed by atoms with Gasteiger partial charge in [0, 0.05) is 32.0 Å². The van der Waals surface area contributed by atoms with E-state index in [2.05, 4.69) is 4.72 Å². The van der Waals surface area contributed by atoms with Crippen molar-refractivity contribution in [2.75, 3.05) is 18.3 Å². The molecule has 0 aliphatic carbocycles. The number of fused-ring (bicyclic) bond motifs is 1. The Morgan fingerprint density at radius 1 is 1.17 bits per heavy atom.